The standard InChI is InChI=1S/C11H10N2/c1-8-9(2)13(7-12)11-6-4-3-5-10(8)11/h3-6H,1-2H3. The second-order valence-electron chi connectivity index (χ2n) is 3.16. The molecular weight excluding hydrogens is 160 g/mol. The van der Waals surface area contributed by atoms with Crippen LogP contribution < -0.4 is 0 Å². The number of fused-ring (bicyclic) bond motifs is 1. The number of para-hydroxylation sites is 1. The minimum absolute atomic E-state index is 1.00. The van der Waals surface area contributed by atoms with Gasteiger partial charge in [0, 0.05) is 11.1 Å². The number of nitriles is 1. The lowest BCUT2D eigenvalue weighted by atomic mass is 10.2. The largest absolute Gasteiger partial charge is 0.251 e. The van der Waals surface area contributed by atoms with Crippen molar-refractivity contribution in [1.82, 2.24) is 4.57 Å². The van der Waals surface area contributed by atoms with Crippen molar-refractivity contribution in [3.8, 4) is 6.19 Å². The molecule has 0 N–H and O–H groups in total. The highest BCUT2D eigenvalue weighted by Gasteiger charge is 2.08. The van der Waals surface area contributed by atoms with E-state index in [0.29, 0.717) is 0 Å². The molecule has 2 rings (SSSR count). The highest BCUT2D eigenvalue weighted by atomic mass is 15.0. The van der Waals surface area contributed by atoms with Gasteiger partial charge in [0.2, 0.25) is 0 Å². The first kappa shape index (κ1) is 7.88. The molecule has 1 heterocycles. The van der Waals surface area contributed by atoms with Crippen molar-refractivity contribution in [1.29, 1.82) is 5.26 Å². The fourth-order valence-electron chi connectivity index (χ4n) is 1.66. The quantitative estimate of drug-likeness (QED) is 0.597. The van der Waals surface area contributed by atoms with E-state index in [9.17, 15) is 0 Å². The molecule has 0 atom stereocenters. The number of aromatic nitrogens is 1. The van der Waals surface area contributed by atoms with Crippen molar-refractivity contribution in [2.24, 2.45) is 0 Å². The van der Waals surface area contributed by atoms with Gasteiger partial charge in [-0.25, -0.2) is 0 Å². The van der Waals surface area contributed by atoms with Crippen molar-refractivity contribution in [2.75, 3.05) is 0 Å². The van der Waals surface area contributed by atoms with Crippen LogP contribution in [0.15, 0.2) is 24.3 Å². The summed E-state index contributed by atoms with van der Waals surface area (Å²) < 4.78 is 1.67. The van der Waals surface area contributed by atoms with E-state index in [0.717, 1.165) is 11.2 Å². The molecule has 0 amide bonds. The van der Waals surface area contributed by atoms with E-state index in [2.05, 4.69) is 6.19 Å². The van der Waals surface area contributed by atoms with Gasteiger partial charge in [-0.3, -0.25) is 4.57 Å². The summed E-state index contributed by atoms with van der Waals surface area (Å²) in [6, 6.07) is 7.97. The first-order chi connectivity index (χ1) is 6.25. The number of hydrogen-bond donors (Lipinski definition) is 0. The first-order valence-corrected chi connectivity index (χ1v) is 4.22. The zero-order valence-corrected chi connectivity index (χ0v) is 7.70. The molecule has 0 unspecified atom stereocenters. The summed E-state index contributed by atoms with van der Waals surface area (Å²) in [6.07, 6.45) is 2.18. The maximum absolute atomic E-state index is 8.94. The van der Waals surface area contributed by atoms with Gasteiger partial charge in [0.15, 0.2) is 6.19 Å². The SMILES string of the molecule is Cc1c(C)n(C#N)c2ccccc12. The molecule has 1 aromatic heterocycles. The van der Waals surface area contributed by atoms with Crippen molar-refractivity contribution < 1.29 is 0 Å². The summed E-state index contributed by atoms with van der Waals surface area (Å²) in [4.78, 5) is 0. The van der Waals surface area contributed by atoms with Gasteiger partial charge in [0.05, 0.1) is 5.52 Å². The van der Waals surface area contributed by atoms with Crippen LogP contribution in [0.2, 0.25) is 0 Å². The molecule has 2 nitrogen and oxygen atoms in total. The van der Waals surface area contributed by atoms with Gasteiger partial charge >= 0.3 is 0 Å². The average molecular weight is 170 g/mol. The van der Waals surface area contributed by atoms with E-state index in [1.165, 1.54) is 10.9 Å². The molecule has 1 aromatic carbocycles. The van der Waals surface area contributed by atoms with Gasteiger partial charge in [-0.1, -0.05) is 18.2 Å². The maximum Gasteiger partial charge on any atom is 0.189 e. The second-order valence-corrected chi connectivity index (χ2v) is 3.16. The Bertz CT molecular complexity index is 501. The summed E-state index contributed by atoms with van der Waals surface area (Å²) in [5.74, 6) is 0. The monoisotopic (exact) mass is 170 g/mol. The molecule has 0 saturated heterocycles. The van der Waals surface area contributed by atoms with Crippen LogP contribution in [-0.2, 0) is 0 Å². The number of rotatable bonds is 0. The van der Waals surface area contributed by atoms with E-state index < -0.39 is 0 Å². The van der Waals surface area contributed by atoms with Crippen LogP contribution in [0.1, 0.15) is 11.3 Å². The minimum atomic E-state index is 1.00. The third-order valence-electron chi connectivity index (χ3n) is 2.53. The zero-order valence-electron chi connectivity index (χ0n) is 7.70. The lowest BCUT2D eigenvalue weighted by Gasteiger charge is -1.92. The van der Waals surface area contributed by atoms with E-state index >= 15 is 0 Å². The molecule has 2 heteroatoms. The van der Waals surface area contributed by atoms with Gasteiger partial charge < -0.3 is 0 Å². The van der Waals surface area contributed by atoms with Crippen molar-refractivity contribution in [2.45, 2.75) is 13.8 Å². The molecule has 0 bridgehead atoms. The highest BCUT2D eigenvalue weighted by molar-refractivity contribution is 5.85. The smallest absolute Gasteiger partial charge is 0.189 e. The third-order valence-corrected chi connectivity index (χ3v) is 2.53. The number of benzene rings is 1. The topological polar surface area (TPSA) is 28.7 Å². The Morgan fingerprint density at radius 1 is 1.23 bits per heavy atom. The zero-order chi connectivity index (χ0) is 9.42. The van der Waals surface area contributed by atoms with Crippen LogP contribution in [0.25, 0.3) is 10.9 Å². The molecule has 64 valence electrons. The molecule has 0 radical (unpaired) electrons. The molecule has 13 heavy (non-hydrogen) atoms. The molecule has 0 spiro atoms. The predicted molar refractivity (Wildman–Crippen MR) is 52.4 cm³/mol. The van der Waals surface area contributed by atoms with Crippen LogP contribution in [0, 0.1) is 25.3 Å². The molecule has 0 aliphatic rings. The Morgan fingerprint density at radius 2 is 1.92 bits per heavy atom. The van der Waals surface area contributed by atoms with E-state index in [4.69, 9.17) is 5.26 Å². The Morgan fingerprint density at radius 3 is 2.62 bits per heavy atom. The summed E-state index contributed by atoms with van der Waals surface area (Å²) in [6.45, 7) is 4.02. The van der Waals surface area contributed by atoms with Crippen molar-refractivity contribution >= 4 is 10.9 Å². The fourth-order valence-corrected chi connectivity index (χ4v) is 1.66. The lowest BCUT2D eigenvalue weighted by Crippen LogP contribution is -1.89. The van der Waals surface area contributed by atoms with Gasteiger partial charge in [-0.05, 0) is 25.5 Å². The second kappa shape index (κ2) is 2.63. The van der Waals surface area contributed by atoms with Crippen LogP contribution in [0.3, 0.4) is 0 Å². The fraction of sp³-hybridized carbons (Fsp3) is 0.182. The molecular formula is C11H10N2. The molecule has 0 aliphatic carbocycles. The maximum atomic E-state index is 8.94. The predicted octanol–water partition coefficient (Wildman–Crippen LogP) is 2.59. The van der Waals surface area contributed by atoms with E-state index in [1.807, 2.05) is 38.1 Å². The van der Waals surface area contributed by atoms with Gasteiger partial charge in [0.25, 0.3) is 0 Å². The van der Waals surface area contributed by atoms with E-state index in [1.54, 1.807) is 4.57 Å². The minimum Gasteiger partial charge on any atom is -0.251 e. The van der Waals surface area contributed by atoms with Crippen molar-refractivity contribution in [3.63, 3.8) is 0 Å². The van der Waals surface area contributed by atoms with E-state index in [-0.39, 0.29) is 0 Å². The summed E-state index contributed by atoms with van der Waals surface area (Å²) >= 11 is 0. The summed E-state index contributed by atoms with van der Waals surface area (Å²) in [7, 11) is 0. The number of nitrogens with zero attached hydrogens (tertiary/aromatic N) is 2. The third kappa shape index (κ3) is 0.940. The first-order valence-electron chi connectivity index (χ1n) is 4.22. The number of hydrogen-bond acceptors (Lipinski definition) is 1. The Labute approximate surface area is 77.0 Å². The average Bonchev–Trinajstić information content (AvgIpc) is 2.41. The molecule has 0 saturated carbocycles. The normalized spacial score (nSPS) is 10.2. The van der Waals surface area contributed by atoms with Crippen molar-refractivity contribution in [3.05, 3.63) is 35.5 Å². The van der Waals surface area contributed by atoms with Gasteiger partial charge in [-0.2, -0.15) is 5.26 Å². The molecule has 0 aliphatic heterocycles. The van der Waals surface area contributed by atoms with Crippen LogP contribution >= 0.6 is 0 Å². The van der Waals surface area contributed by atoms with Crippen LogP contribution in [0.4, 0.5) is 0 Å². The van der Waals surface area contributed by atoms with Gasteiger partial charge in [-0.15, -0.1) is 0 Å². The number of aryl methyl sites for hydroxylation is 1. The van der Waals surface area contributed by atoms with Crippen LogP contribution in [-0.4, -0.2) is 4.57 Å². The molecule has 2 aromatic rings. The summed E-state index contributed by atoms with van der Waals surface area (Å²) in [5, 5.41) is 10.1. The van der Waals surface area contributed by atoms with Gasteiger partial charge in [0.1, 0.15) is 0 Å². The lowest BCUT2D eigenvalue weighted by molar-refractivity contribution is 1.06. The van der Waals surface area contributed by atoms with Crippen LogP contribution in [0.5, 0.6) is 0 Å². The summed E-state index contributed by atoms with van der Waals surface area (Å²) in [5.41, 5.74) is 3.22. The Kier molecular flexibility index (Phi) is 1.60. The Balaban J connectivity index is 3.00. The molecule has 0 fully saturated rings. The highest BCUT2D eigenvalue weighted by Crippen LogP contribution is 2.23. The Hall–Kier alpha value is -1.75.